The lowest BCUT2D eigenvalue weighted by Crippen LogP contribution is -2.57. The van der Waals surface area contributed by atoms with Gasteiger partial charge in [-0.2, -0.15) is 0 Å². The number of amides is 1. The maximum Gasteiger partial charge on any atom is 0.254 e. The average molecular weight is 270 g/mol. The van der Waals surface area contributed by atoms with E-state index >= 15 is 0 Å². The topological polar surface area (TPSA) is 125 Å². The van der Waals surface area contributed by atoms with Gasteiger partial charge in [0, 0.05) is 0 Å². The zero-order valence-electron chi connectivity index (χ0n) is 10.6. The molecule has 0 aliphatic rings. The summed E-state index contributed by atoms with van der Waals surface area (Å²) in [5, 5.41) is 29.8. The molecule has 0 saturated heterocycles. The van der Waals surface area contributed by atoms with E-state index in [1.54, 1.807) is 12.1 Å². The Labute approximate surface area is 110 Å². The molecule has 6 N–H and O–H groups in total. The third-order valence-electron chi connectivity index (χ3n) is 2.82. The van der Waals surface area contributed by atoms with Crippen molar-refractivity contribution in [3.63, 3.8) is 0 Å². The quantitative estimate of drug-likeness (QED) is 0.410. The van der Waals surface area contributed by atoms with Crippen LogP contribution in [-0.2, 0) is 0 Å². The first kappa shape index (κ1) is 15.2. The Balaban J connectivity index is 3.01. The van der Waals surface area contributed by atoms with Gasteiger partial charge >= 0.3 is 0 Å². The van der Waals surface area contributed by atoms with Gasteiger partial charge in [0.15, 0.2) is 0 Å². The summed E-state index contributed by atoms with van der Waals surface area (Å²) in [6.07, 6.45) is 0. The lowest BCUT2D eigenvalue weighted by Gasteiger charge is -2.28. The Morgan fingerprint density at radius 1 is 1.32 bits per heavy atom. The highest BCUT2D eigenvalue weighted by atomic mass is 16.5. The van der Waals surface area contributed by atoms with Crippen molar-refractivity contribution < 1.29 is 24.9 Å². The third-order valence-corrected chi connectivity index (χ3v) is 2.82. The second-order valence-electron chi connectivity index (χ2n) is 4.13. The number of hydrogen-bond donors (Lipinski definition) is 5. The average Bonchev–Trinajstić information content (AvgIpc) is 2.45. The molecule has 0 saturated carbocycles. The summed E-state index contributed by atoms with van der Waals surface area (Å²) in [5.41, 5.74) is 4.55. The van der Waals surface area contributed by atoms with Crippen molar-refractivity contribution in [2.75, 3.05) is 32.7 Å². The van der Waals surface area contributed by atoms with Gasteiger partial charge in [-0.25, -0.2) is 0 Å². The van der Waals surface area contributed by atoms with Gasteiger partial charge in [-0.15, -0.1) is 0 Å². The predicted molar refractivity (Wildman–Crippen MR) is 68.9 cm³/mol. The monoisotopic (exact) mass is 270 g/mol. The molecule has 1 aromatic carbocycles. The summed E-state index contributed by atoms with van der Waals surface area (Å²) in [4.78, 5) is 12.0. The van der Waals surface area contributed by atoms with Crippen LogP contribution in [0.15, 0.2) is 18.2 Å². The molecule has 0 heterocycles. The molecule has 0 aliphatic heterocycles. The molecule has 0 unspecified atom stereocenters. The van der Waals surface area contributed by atoms with Crippen molar-refractivity contribution in [2.24, 2.45) is 0 Å². The Hall–Kier alpha value is -1.83. The number of methoxy groups -OCH3 is 1. The summed E-state index contributed by atoms with van der Waals surface area (Å²) in [5.74, 6) is -0.274. The number of nitrogen functional groups attached to an aromatic ring is 1. The van der Waals surface area contributed by atoms with Crippen LogP contribution in [0.4, 0.5) is 5.69 Å². The first-order valence-corrected chi connectivity index (χ1v) is 5.61. The minimum absolute atomic E-state index is 0.138. The molecule has 1 amide bonds. The largest absolute Gasteiger partial charge is 0.495 e. The molecule has 0 spiro atoms. The lowest BCUT2D eigenvalue weighted by atomic mass is 10.0. The van der Waals surface area contributed by atoms with Crippen molar-refractivity contribution in [3.05, 3.63) is 23.8 Å². The number of nitrogens with two attached hydrogens (primary N) is 1. The number of aliphatic hydroxyl groups excluding tert-OH is 3. The number of aliphatic hydroxyl groups is 3. The molecule has 0 atom stereocenters. The highest BCUT2D eigenvalue weighted by Crippen LogP contribution is 2.25. The van der Waals surface area contributed by atoms with Crippen molar-refractivity contribution in [2.45, 2.75) is 5.54 Å². The van der Waals surface area contributed by atoms with Crippen LogP contribution in [0.3, 0.4) is 0 Å². The summed E-state index contributed by atoms with van der Waals surface area (Å²) < 4.78 is 4.99. The molecular weight excluding hydrogens is 252 g/mol. The number of rotatable bonds is 6. The molecule has 19 heavy (non-hydrogen) atoms. The minimum Gasteiger partial charge on any atom is -0.495 e. The number of carbonyl (C=O) groups is 1. The maximum atomic E-state index is 12.0. The fraction of sp³-hybridized carbons (Fsp3) is 0.417. The number of para-hydroxylation sites is 1. The molecule has 0 radical (unpaired) electrons. The number of ether oxygens (including phenoxy) is 1. The first-order chi connectivity index (χ1) is 9.03. The van der Waals surface area contributed by atoms with Crippen LogP contribution in [0.25, 0.3) is 0 Å². The zero-order chi connectivity index (χ0) is 14.5. The number of anilines is 1. The molecular formula is C12H18N2O5. The Morgan fingerprint density at radius 3 is 2.37 bits per heavy atom. The van der Waals surface area contributed by atoms with Crippen LogP contribution in [0.2, 0.25) is 0 Å². The Bertz CT molecular complexity index is 437. The van der Waals surface area contributed by atoms with Crippen molar-refractivity contribution in [1.82, 2.24) is 5.32 Å². The van der Waals surface area contributed by atoms with Crippen LogP contribution in [-0.4, -0.2) is 53.7 Å². The number of nitrogens with one attached hydrogen (secondary N) is 1. The maximum absolute atomic E-state index is 12.0. The molecule has 106 valence electrons. The van der Waals surface area contributed by atoms with Gasteiger partial charge in [0.1, 0.15) is 11.3 Å². The first-order valence-electron chi connectivity index (χ1n) is 5.61. The smallest absolute Gasteiger partial charge is 0.254 e. The van der Waals surface area contributed by atoms with E-state index in [1.165, 1.54) is 13.2 Å². The van der Waals surface area contributed by atoms with E-state index < -0.39 is 31.3 Å². The SMILES string of the molecule is COc1cccc(C(=O)NC(CO)(CO)CO)c1N. The van der Waals surface area contributed by atoms with Crippen molar-refractivity contribution >= 4 is 11.6 Å². The van der Waals surface area contributed by atoms with Crippen LogP contribution < -0.4 is 15.8 Å². The number of hydrogen-bond acceptors (Lipinski definition) is 6. The van der Waals surface area contributed by atoms with Gasteiger partial charge in [-0.1, -0.05) is 6.07 Å². The summed E-state index contributed by atoms with van der Waals surface area (Å²) in [6, 6.07) is 4.66. The molecule has 7 heteroatoms. The van der Waals surface area contributed by atoms with Gasteiger partial charge in [-0.05, 0) is 12.1 Å². The lowest BCUT2D eigenvalue weighted by molar-refractivity contribution is 0.0375. The Morgan fingerprint density at radius 2 is 1.89 bits per heavy atom. The van der Waals surface area contributed by atoms with Gasteiger partial charge in [0.05, 0.1) is 38.2 Å². The summed E-state index contributed by atoms with van der Waals surface area (Å²) in [7, 11) is 1.42. The molecule has 0 fully saturated rings. The molecule has 7 nitrogen and oxygen atoms in total. The molecule has 1 aromatic rings. The van der Waals surface area contributed by atoms with E-state index in [2.05, 4.69) is 5.32 Å². The fourth-order valence-electron chi connectivity index (χ4n) is 1.50. The van der Waals surface area contributed by atoms with Gasteiger partial charge in [0.2, 0.25) is 0 Å². The second-order valence-corrected chi connectivity index (χ2v) is 4.13. The standard InChI is InChI=1S/C12H18N2O5/c1-19-9-4-2-3-8(10(9)13)11(18)14-12(5-15,6-16)7-17/h2-4,15-17H,5-7,13H2,1H3,(H,14,18). The van der Waals surface area contributed by atoms with Crippen LogP contribution >= 0.6 is 0 Å². The molecule has 0 aromatic heterocycles. The van der Waals surface area contributed by atoms with E-state index in [0.717, 1.165) is 0 Å². The minimum atomic E-state index is -1.49. The summed E-state index contributed by atoms with van der Waals surface area (Å²) >= 11 is 0. The normalized spacial score (nSPS) is 11.2. The zero-order valence-corrected chi connectivity index (χ0v) is 10.6. The van der Waals surface area contributed by atoms with Crippen molar-refractivity contribution in [3.8, 4) is 5.75 Å². The van der Waals surface area contributed by atoms with Gasteiger partial charge < -0.3 is 31.1 Å². The fourth-order valence-corrected chi connectivity index (χ4v) is 1.50. The second kappa shape index (κ2) is 6.37. The third kappa shape index (κ3) is 3.14. The van der Waals surface area contributed by atoms with Crippen molar-refractivity contribution in [1.29, 1.82) is 0 Å². The highest BCUT2D eigenvalue weighted by molar-refractivity contribution is 6.00. The van der Waals surface area contributed by atoms with Crippen LogP contribution in [0.5, 0.6) is 5.75 Å². The number of carbonyl (C=O) groups excluding carboxylic acids is 1. The van der Waals surface area contributed by atoms with E-state index in [0.29, 0.717) is 5.75 Å². The predicted octanol–water partition coefficient (Wildman–Crippen LogP) is -1.28. The highest BCUT2D eigenvalue weighted by Gasteiger charge is 2.31. The van der Waals surface area contributed by atoms with E-state index in [1.807, 2.05) is 0 Å². The van der Waals surface area contributed by atoms with Gasteiger partial charge in [-0.3, -0.25) is 4.79 Å². The molecule has 1 rings (SSSR count). The molecule has 0 aliphatic carbocycles. The summed E-state index contributed by atoms with van der Waals surface area (Å²) in [6.45, 7) is -1.80. The molecule has 0 bridgehead atoms. The Kier molecular flexibility index (Phi) is 5.11. The van der Waals surface area contributed by atoms with Gasteiger partial charge in [0.25, 0.3) is 5.91 Å². The van der Waals surface area contributed by atoms with E-state index in [-0.39, 0.29) is 11.3 Å². The van der Waals surface area contributed by atoms with E-state index in [4.69, 9.17) is 25.8 Å². The van der Waals surface area contributed by atoms with Crippen LogP contribution in [0, 0.1) is 0 Å². The van der Waals surface area contributed by atoms with Crippen LogP contribution in [0.1, 0.15) is 10.4 Å². The van der Waals surface area contributed by atoms with E-state index in [9.17, 15) is 4.79 Å². The number of benzene rings is 1.